The van der Waals surface area contributed by atoms with Crippen molar-refractivity contribution in [1.82, 2.24) is 0 Å². The predicted octanol–water partition coefficient (Wildman–Crippen LogP) is 1.79. The van der Waals surface area contributed by atoms with Gasteiger partial charge in [0.2, 0.25) is 0 Å². The van der Waals surface area contributed by atoms with Gasteiger partial charge in [0.05, 0.1) is 12.7 Å². The number of ether oxygens (including phenoxy) is 2. The van der Waals surface area contributed by atoms with E-state index in [9.17, 15) is 10.2 Å². The van der Waals surface area contributed by atoms with Crippen molar-refractivity contribution >= 4 is 11.8 Å². The highest BCUT2D eigenvalue weighted by Crippen LogP contribution is 2.30. The molecule has 1 aliphatic rings. The van der Waals surface area contributed by atoms with Crippen LogP contribution in [0.15, 0.2) is 30.3 Å². The van der Waals surface area contributed by atoms with Crippen molar-refractivity contribution in [1.29, 1.82) is 0 Å². The molecule has 1 aromatic carbocycles. The van der Waals surface area contributed by atoms with Gasteiger partial charge in [-0.05, 0) is 18.2 Å². The van der Waals surface area contributed by atoms with Crippen LogP contribution in [0.3, 0.4) is 0 Å². The summed E-state index contributed by atoms with van der Waals surface area (Å²) in [6.45, 7) is 4.20. The zero-order chi connectivity index (χ0) is 14.5. The quantitative estimate of drug-likeness (QED) is 0.868. The van der Waals surface area contributed by atoms with Crippen LogP contribution in [-0.4, -0.2) is 45.8 Å². The Morgan fingerprint density at radius 3 is 2.55 bits per heavy atom. The minimum Gasteiger partial charge on any atom is -0.388 e. The van der Waals surface area contributed by atoms with E-state index in [0.29, 0.717) is 6.61 Å². The van der Waals surface area contributed by atoms with Crippen molar-refractivity contribution in [2.24, 2.45) is 0 Å². The third-order valence-corrected chi connectivity index (χ3v) is 4.44. The summed E-state index contributed by atoms with van der Waals surface area (Å²) in [6.07, 6.45) is -2.74. The van der Waals surface area contributed by atoms with E-state index in [2.05, 4.69) is 0 Å². The number of benzene rings is 1. The summed E-state index contributed by atoms with van der Waals surface area (Å²) in [5.41, 5.74) is 0.783. The molecule has 0 saturated carbocycles. The first-order chi connectivity index (χ1) is 9.63. The first-order valence-corrected chi connectivity index (χ1v) is 7.97. The van der Waals surface area contributed by atoms with E-state index < -0.39 is 18.3 Å². The summed E-state index contributed by atoms with van der Waals surface area (Å²) in [4.78, 5) is 0. The van der Waals surface area contributed by atoms with E-state index >= 15 is 0 Å². The number of aliphatic hydroxyl groups excluding tert-OH is 2. The van der Waals surface area contributed by atoms with Gasteiger partial charge in [-0.1, -0.05) is 37.3 Å². The van der Waals surface area contributed by atoms with Gasteiger partial charge in [0.25, 0.3) is 0 Å². The number of aliphatic hydroxyl groups is 2. The lowest BCUT2D eigenvalue weighted by Crippen LogP contribution is -2.56. The van der Waals surface area contributed by atoms with E-state index in [4.69, 9.17) is 9.47 Å². The fraction of sp³-hybridized carbons (Fsp3) is 0.600. The number of rotatable bonds is 5. The van der Waals surface area contributed by atoms with Crippen LogP contribution in [0.1, 0.15) is 19.4 Å². The minimum absolute atomic E-state index is 0.253. The maximum absolute atomic E-state index is 10.2. The minimum atomic E-state index is -0.925. The molecule has 0 bridgehead atoms. The lowest BCUT2D eigenvalue weighted by Gasteiger charge is -2.41. The van der Waals surface area contributed by atoms with Crippen LogP contribution in [0.4, 0.5) is 0 Å². The highest BCUT2D eigenvalue weighted by atomic mass is 32.2. The molecule has 0 aromatic heterocycles. The fourth-order valence-corrected chi connectivity index (χ4v) is 3.26. The lowest BCUT2D eigenvalue weighted by molar-refractivity contribution is -0.210. The molecule has 1 fully saturated rings. The molecule has 0 unspecified atom stereocenters. The molecule has 2 N–H and O–H groups in total. The normalized spacial score (nSPS) is 34.1. The van der Waals surface area contributed by atoms with E-state index in [0.717, 1.165) is 11.3 Å². The Hall–Kier alpha value is -0.590. The van der Waals surface area contributed by atoms with Gasteiger partial charge in [-0.15, -0.1) is 11.8 Å². The Balaban J connectivity index is 2.01. The average molecular weight is 298 g/mol. The molecule has 0 radical (unpaired) electrons. The molecule has 1 saturated heterocycles. The van der Waals surface area contributed by atoms with Crippen LogP contribution in [0.25, 0.3) is 0 Å². The molecule has 2 rings (SSSR count). The third kappa shape index (κ3) is 3.74. The van der Waals surface area contributed by atoms with Crippen molar-refractivity contribution in [3.05, 3.63) is 35.9 Å². The standard InChI is InChI=1S/C15H22O4S/c1-3-20-15-14(13(17)12(16)10(2)19-15)18-9-11-7-5-4-6-8-11/h4-8,10,12-17H,3,9H2,1-2H3/t10-,12+,13+,14-,15+/m1/s1. The second kappa shape index (κ2) is 7.43. The van der Waals surface area contributed by atoms with Crippen molar-refractivity contribution in [2.75, 3.05) is 5.75 Å². The second-order valence-corrected chi connectivity index (χ2v) is 6.28. The fourth-order valence-electron chi connectivity index (χ4n) is 2.24. The zero-order valence-corrected chi connectivity index (χ0v) is 12.6. The van der Waals surface area contributed by atoms with Crippen LogP contribution in [0, 0.1) is 0 Å². The SMILES string of the molecule is CCS[C@@H]1O[C@H](C)[C@H](O)[C@H](O)[C@H]1OCc1ccccc1. The Kier molecular flexibility index (Phi) is 5.86. The highest BCUT2D eigenvalue weighted by molar-refractivity contribution is 7.99. The molecular weight excluding hydrogens is 276 g/mol. The molecular formula is C15H22O4S. The molecule has 0 amide bonds. The van der Waals surface area contributed by atoms with Crippen LogP contribution >= 0.6 is 11.8 Å². The molecule has 112 valence electrons. The van der Waals surface area contributed by atoms with Gasteiger partial charge >= 0.3 is 0 Å². The average Bonchev–Trinajstić information content (AvgIpc) is 2.46. The molecule has 5 heteroatoms. The first kappa shape index (κ1) is 15.8. The topological polar surface area (TPSA) is 58.9 Å². The van der Waals surface area contributed by atoms with Gasteiger partial charge in [0.15, 0.2) is 0 Å². The molecule has 5 atom stereocenters. The summed E-state index contributed by atoms with van der Waals surface area (Å²) in [5.74, 6) is 0.866. The van der Waals surface area contributed by atoms with Gasteiger partial charge in [-0.3, -0.25) is 0 Å². The summed E-state index contributed by atoms with van der Waals surface area (Å²) in [6, 6.07) is 9.78. The van der Waals surface area contributed by atoms with Gasteiger partial charge < -0.3 is 19.7 Å². The second-order valence-electron chi connectivity index (χ2n) is 4.91. The predicted molar refractivity (Wildman–Crippen MR) is 79.5 cm³/mol. The van der Waals surface area contributed by atoms with E-state index in [1.54, 1.807) is 18.7 Å². The molecule has 0 aliphatic carbocycles. The number of hydrogen-bond acceptors (Lipinski definition) is 5. The number of thioether (sulfide) groups is 1. The zero-order valence-electron chi connectivity index (χ0n) is 11.8. The number of hydrogen-bond donors (Lipinski definition) is 2. The van der Waals surface area contributed by atoms with Crippen LogP contribution in [0.2, 0.25) is 0 Å². The van der Waals surface area contributed by atoms with E-state index in [-0.39, 0.29) is 11.5 Å². The monoisotopic (exact) mass is 298 g/mol. The van der Waals surface area contributed by atoms with Crippen molar-refractivity contribution in [3.8, 4) is 0 Å². The molecule has 1 aliphatic heterocycles. The van der Waals surface area contributed by atoms with Gasteiger partial charge in [-0.2, -0.15) is 0 Å². The van der Waals surface area contributed by atoms with E-state index in [1.165, 1.54) is 0 Å². The maximum Gasteiger partial charge on any atom is 0.132 e. The van der Waals surface area contributed by atoms with Crippen LogP contribution in [0.5, 0.6) is 0 Å². The van der Waals surface area contributed by atoms with Gasteiger partial charge in [0, 0.05) is 0 Å². The third-order valence-electron chi connectivity index (χ3n) is 3.40. The van der Waals surface area contributed by atoms with Gasteiger partial charge in [0.1, 0.15) is 23.7 Å². The first-order valence-electron chi connectivity index (χ1n) is 6.92. The summed E-state index contributed by atoms with van der Waals surface area (Å²) >= 11 is 1.59. The van der Waals surface area contributed by atoms with Gasteiger partial charge in [-0.25, -0.2) is 0 Å². The molecule has 20 heavy (non-hydrogen) atoms. The van der Waals surface area contributed by atoms with Crippen LogP contribution in [-0.2, 0) is 16.1 Å². The van der Waals surface area contributed by atoms with Crippen molar-refractivity contribution in [2.45, 2.75) is 50.3 Å². The largest absolute Gasteiger partial charge is 0.388 e. The Labute approximate surface area is 124 Å². The Morgan fingerprint density at radius 2 is 1.90 bits per heavy atom. The molecule has 4 nitrogen and oxygen atoms in total. The summed E-state index contributed by atoms with van der Waals surface area (Å²) < 4.78 is 11.5. The molecule has 0 spiro atoms. The lowest BCUT2D eigenvalue weighted by atomic mass is 10.0. The molecule has 1 heterocycles. The maximum atomic E-state index is 10.2. The highest BCUT2D eigenvalue weighted by Gasteiger charge is 2.43. The Morgan fingerprint density at radius 1 is 1.20 bits per heavy atom. The van der Waals surface area contributed by atoms with Crippen molar-refractivity contribution < 1.29 is 19.7 Å². The summed E-state index contributed by atoms with van der Waals surface area (Å²) in [7, 11) is 0. The van der Waals surface area contributed by atoms with Crippen molar-refractivity contribution in [3.63, 3.8) is 0 Å². The Bertz CT molecular complexity index is 400. The van der Waals surface area contributed by atoms with E-state index in [1.807, 2.05) is 37.3 Å². The smallest absolute Gasteiger partial charge is 0.132 e. The molecule has 1 aromatic rings. The van der Waals surface area contributed by atoms with Crippen LogP contribution < -0.4 is 0 Å². The summed E-state index contributed by atoms with van der Waals surface area (Å²) in [5, 5.41) is 20.2.